The topological polar surface area (TPSA) is 58.9 Å². The number of aromatic hydroxyl groups is 1. The Morgan fingerprint density at radius 2 is 2.05 bits per heavy atom. The Morgan fingerprint density at radius 3 is 2.70 bits per heavy atom. The van der Waals surface area contributed by atoms with E-state index in [9.17, 15) is 18.3 Å². The molecule has 2 heterocycles. The molecule has 0 bridgehead atoms. The van der Waals surface area contributed by atoms with Crippen molar-refractivity contribution in [2.45, 2.75) is 17.1 Å². The predicted octanol–water partition coefficient (Wildman–Crippen LogP) is 3.54. The second-order valence-electron chi connectivity index (χ2n) is 3.65. The van der Waals surface area contributed by atoms with Crippen LogP contribution in [0.15, 0.2) is 29.7 Å². The van der Waals surface area contributed by atoms with Crippen LogP contribution in [0.25, 0.3) is 0 Å². The molecule has 0 atom stereocenters. The molecule has 0 aromatic carbocycles. The molecule has 4 nitrogen and oxygen atoms in total. The van der Waals surface area contributed by atoms with E-state index in [4.69, 9.17) is 11.6 Å². The first-order valence-electron chi connectivity index (χ1n) is 5.22. The monoisotopic (exact) mass is 321 g/mol. The van der Waals surface area contributed by atoms with Crippen LogP contribution in [-0.2, 0) is 11.9 Å². The molecule has 2 aromatic rings. The van der Waals surface area contributed by atoms with Gasteiger partial charge < -0.3 is 5.11 Å². The van der Waals surface area contributed by atoms with Gasteiger partial charge in [0.25, 0.3) is 0 Å². The van der Waals surface area contributed by atoms with Crippen LogP contribution in [-0.4, -0.2) is 20.1 Å². The summed E-state index contributed by atoms with van der Waals surface area (Å²) in [4.78, 5) is 10.7. The molecule has 0 aliphatic carbocycles. The van der Waals surface area contributed by atoms with E-state index in [2.05, 4.69) is 15.0 Å². The second kappa shape index (κ2) is 5.84. The minimum absolute atomic E-state index is 0.176. The highest BCUT2D eigenvalue weighted by molar-refractivity contribution is 7.98. The minimum Gasteiger partial charge on any atom is -0.493 e. The van der Waals surface area contributed by atoms with Gasteiger partial charge in [-0.3, -0.25) is 4.98 Å². The van der Waals surface area contributed by atoms with Crippen molar-refractivity contribution < 1.29 is 18.3 Å². The van der Waals surface area contributed by atoms with Gasteiger partial charge in [-0.25, -0.2) is 4.98 Å². The molecule has 0 spiro atoms. The zero-order valence-electron chi connectivity index (χ0n) is 9.73. The average Bonchev–Trinajstić information content (AvgIpc) is 2.36. The Labute approximate surface area is 121 Å². The zero-order valence-corrected chi connectivity index (χ0v) is 11.3. The van der Waals surface area contributed by atoms with Gasteiger partial charge in [-0.2, -0.15) is 18.2 Å². The number of thioether (sulfide) groups is 1. The summed E-state index contributed by atoms with van der Waals surface area (Å²) in [5.41, 5.74) is -0.500. The van der Waals surface area contributed by atoms with Crippen molar-refractivity contribution in [3.05, 3.63) is 40.8 Å². The van der Waals surface area contributed by atoms with Crippen LogP contribution in [0, 0.1) is 0 Å². The average molecular weight is 322 g/mol. The number of nitrogens with zero attached hydrogens (tertiary/aromatic N) is 3. The summed E-state index contributed by atoms with van der Waals surface area (Å²) >= 11 is 6.82. The third-order valence-corrected chi connectivity index (χ3v) is 3.43. The molecule has 0 amide bonds. The maximum Gasteiger partial charge on any atom is 0.433 e. The van der Waals surface area contributed by atoms with E-state index in [1.807, 2.05) is 0 Å². The van der Waals surface area contributed by atoms with E-state index in [1.54, 1.807) is 6.07 Å². The molecule has 2 rings (SSSR count). The largest absolute Gasteiger partial charge is 0.493 e. The summed E-state index contributed by atoms with van der Waals surface area (Å²) in [6, 6.07) is 2.12. The molecule has 0 unspecified atom stereocenters. The van der Waals surface area contributed by atoms with Crippen LogP contribution in [0.3, 0.4) is 0 Å². The van der Waals surface area contributed by atoms with Crippen molar-refractivity contribution in [1.82, 2.24) is 15.0 Å². The van der Waals surface area contributed by atoms with E-state index < -0.39 is 17.8 Å². The summed E-state index contributed by atoms with van der Waals surface area (Å²) in [5, 5.41) is 9.43. The van der Waals surface area contributed by atoms with Gasteiger partial charge in [0.05, 0.1) is 5.02 Å². The highest BCUT2D eigenvalue weighted by Crippen LogP contribution is 2.32. The number of hydrogen-bond acceptors (Lipinski definition) is 5. The molecule has 0 radical (unpaired) electrons. The molecule has 0 aliphatic heterocycles. The first kappa shape index (κ1) is 14.9. The summed E-state index contributed by atoms with van der Waals surface area (Å²) in [5.74, 6) is -0.460. The fourth-order valence-corrected chi connectivity index (χ4v) is 2.41. The lowest BCUT2D eigenvalue weighted by atomic mass is 10.3. The standard InChI is InChI=1S/C11H7ClF3N3OS/c12-7-4-16-2-1-6(7)5-20-10-17-8(11(13,14)15)3-9(19)18-10/h1-4H,5H2,(H,17,18,19). The second-order valence-corrected chi connectivity index (χ2v) is 5.00. The van der Waals surface area contributed by atoms with Gasteiger partial charge in [-0.1, -0.05) is 23.4 Å². The predicted molar refractivity (Wildman–Crippen MR) is 67.5 cm³/mol. The Morgan fingerprint density at radius 1 is 1.30 bits per heavy atom. The van der Waals surface area contributed by atoms with Gasteiger partial charge in [0.2, 0.25) is 5.88 Å². The Balaban J connectivity index is 2.18. The van der Waals surface area contributed by atoms with E-state index in [-0.39, 0.29) is 10.9 Å². The van der Waals surface area contributed by atoms with Crippen molar-refractivity contribution >= 4 is 23.4 Å². The first-order valence-corrected chi connectivity index (χ1v) is 6.59. The van der Waals surface area contributed by atoms with E-state index in [0.29, 0.717) is 16.7 Å². The normalized spacial score (nSPS) is 11.6. The van der Waals surface area contributed by atoms with E-state index in [0.717, 1.165) is 11.8 Å². The van der Waals surface area contributed by atoms with Gasteiger partial charge in [-0.15, -0.1) is 0 Å². The summed E-state index contributed by atoms with van der Waals surface area (Å²) in [7, 11) is 0. The number of rotatable bonds is 3. The maximum absolute atomic E-state index is 12.5. The molecule has 0 aliphatic rings. The lowest BCUT2D eigenvalue weighted by Crippen LogP contribution is -2.09. The third kappa shape index (κ3) is 3.73. The molecule has 0 saturated carbocycles. The highest BCUT2D eigenvalue weighted by atomic mass is 35.5. The fourth-order valence-electron chi connectivity index (χ4n) is 1.29. The fraction of sp³-hybridized carbons (Fsp3) is 0.182. The quantitative estimate of drug-likeness (QED) is 0.692. The van der Waals surface area contributed by atoms with Gasteiger partial charge in [0.1, 0.15) is 0 Å². The van der Waals surface area contributed by atoms with Gasteiger partial charge in [0.15, 0.2) is 10.9 Å². The van der Waals surface area contributed by atoms with Crippen molar-refractivity contribution in [1.29, 1.82) is 0 Å². The molecule has 9 heteroatoms. The molecule has 2 aromatic heterocycles. The molecule has 1 N–H and O–H groups in total. The molecular formula is C11H7ClF3N3OS. The lowest BCUT2D eigenvalue weighted by Gasteiger charge is -2.08. The van der Waals surface area contributed by atoms with Gasteiger partial charge in [0, 0.05) is 24.2 Å². The Hall–Kier alpha value is -1.54. The SMILES string of the molecule is Oc1cc(C(F)(F)F)nc(SCc2ccncc2Cl)n1. The number of hydrogen-bond donors (Lipinski definition) is 1. The molecule has 20 heavy (non-hydrogen) atoms. The third-order valence-electron chi connectivity index (χ3n) is 2.20. The van der Waals surface area contributed by atoms with Crippen molar-refractivity contribution in [2.75, 3.05) is 0 Å². The highest BCUT2D eigenvalue weighted by Gasteiger charge is 2.33. The minimum atomic E-state index is -4.63. The van der Waals surface area contributed by atoms with Crippen LogP contribution in [0.2, 0.25) is 5.02 Å². The van der Waals surface area contributed by atoms with Crippen LogP contribution < -0.4 is 0 Å². The molecule has 0 saturated heterocycles. The Kier molecular flexibility index (Phi) is 4.34. The van der Waals surface area contributed by atoms with Crippen LogP contribution in [0.1, 0.15) is 11.3 Å². The van der Waals surface area contributed by atoms with E-state index >= 15 is 0 Å². The van der Waals surface area contributed by atoms with Crippen LogP contribution in [0.5, 0.6) is 5.88 Å². The Bertz CT molecular complexity index is 624. The molecular weight excluding hydrogens is 315 g/mol. The number of aromatic nitrogens is 3. The van der Waals surface area contributed by atoms with Crippen LogP contribution >= 0.6 is 23.4 Å². The van der Waals surface area contributed by atoms with Crippen LogP contribution in [0.4, 0.5) is 13.2 Å². The summed E-state index contributed by atoms with van der Waals surface area (Å²) < 4.78 is 37.6. The molecule has 106 valence electrons. The number of pyridine rings is 1. The number of alkyl halides is 3. The van der Waals surface area contributed by atoms with Crippen molar-refractivity contribution in [3.8, 4) is 5.88 Å². The van der Waals surface area contributed by atoms with Crippen molar-refractivity contribution in [3.63, 3.8) is 0 Å². The maximum atomic E-state index is 12.5. The van der Waals surface area contributed by atoms with Gasteiger partial charge in [-0.05, 0) is 11.6 Å². The summed E-state index contributed by atoms with van der Waals surface area (Å²) in [6.45, 7) is 0. The lowest BCUT2D eigenvalue weighted by molar-refractivity contribution is -0.141. The number of halogens is 4. The molecule has 0 fully saturated rings. The zero-order chi connectivity index (χ0) is 14.8. The van der Waals surface area contributed by atoms with Gasteiger partial charge >= 0.3 is 6.18 Å². The summed E-state index contributed by atoms with van der Waals surface area (Å²) in [6.07, 6.45) is -1.68. The van der Waals surface area contributed by atoms with Crippen molar-refractivity contribution in [2.24, 2.45) is 0 Å². The smallest absolute Gasteiger partial charge is 0.433 e. The first-order chi connectivity index (χ1) is 9.36. The van der Waals surface area contributed by atoms with E-state index in [1.165, 1.54) is 12.4 Å².